The lowest BCUT2D eigenvalue weighted by atomic mass is 9.98. The Morgan fingerprint density at radius 1 is 1.03 bits per heavy atom. The van der Waals surface area contributed by atoms with Crippen molar-refractivity contribution >= 4 is 28.3 Å². The summed E-state index contributed by atoms with van der Waals surface area (Å²) < 4.78 is 11.3. The van der Waals surface area contributed by atoms with Gasteiger partial charge in [0.1, 0.15) is 17.4 Å². The minimum atomic E-state index is -0.914. The van der Waals surface area contributed by atoms with Crippen molar-refractivity contribution in [3.05, 3.63) is 101 Å². The molecule has 1 N–H and O–H groups in total. The lowest BCUT2D eigenvalue weighted by molar-refractivity contribution is -0.117. The van der Waals surface area contributed by atoms with E-state index < -0.39 is 23.5 Å². The van der Waals surface area contributed by atoms with Crippen LogP contribution in [0.5, 0.6) is 0 Å². The number of benzene rings is 2. The number of hydrogen-bond donors (Lipinski definition) is 1. The molecule has 0 saturated heterocycles. The van der Waals surface area contributed by atoms with Gasteiger partial charge in [-0.05, 0) is 47.9 Å². The van der Waals surface area contributed by atoms with Crippen molar-refractivity contribution in [3.8, 4) is 0 Å². The van der Waals surface area contributed by atoms with Gasteiger partial charge in [0.05, 0.1) is 11.8 Å². The standard InChI is InChI=1S/C26H21NO5/c1-15(2)16-9-11-18(12-10-16)27-23(20-8-5-13-31-20)22(25(29)26(27)30)24(28)21-14-17-6-3-4-7-19(17)32-21/h3-15,23,29H,1-2H3. The number of furan rings is 2. The van der Waals surface area contributed by atoms with Crippen LogP contribution < -0.4 is 4.90 Å². The molecule has 4 aromatic rings. The first kappa shape index (κ1) is 19.9. The number of amides is 1. The number of ketones is 1. The second-order valence-corrected chi connectivity index (χ2v) is 8.08. The predicted octanol–water partition coefficient (Wildman–Crippen LogP) is 5.93. The number of aliphatic hydroxyl groups excluding tert-OH is 1. The fourth-order valence-corrected chi connectivity index (χ4v) is 4.07. The van der Waals surface area contributed by atoms with Gasteiger partial charge in [-0.25, -0.2) is 0 Å². The second-order valence-electron chi connectivity index (χ2n) is 8.08. The fraction of sp³-hybridized carbons (Fsp3) is 0.154. The van der Waals surface area contributed by atoms with Crippen LogP contribution in [0.1, 0.15) is 47.7 Å². The van der Waals surface area contributed by atoms with Gasteiger partial charge in [0.2, 0.25) is 5.78 Å². The monoisotopic (exact) mass is 427 g/mol. The Bertz CT molecular complexity index is 1310. The molecule has 2 aromatic heterocycles. The smallest absolute Gasteiger partial charge is 0.294 e. The maximum Gasteiger partial charge on any atom is 0.294 e. The third-order valence-corrected chi connectivity index (χ3v) is 5.75. The van der Waals surface area contributed by atoms with Crippen LogP contribution in [0, 0.1) is 0 Å². The number of carbonyl (C=O) groups is 2. The Kier molecular flexibility index (Phi) is 4.70. The Morgan fingerprint density at radius 3 is 2.44 bits per heavy atom. The molecule has 6 nitrogen and oxygen atoms in total. The molecule has 0 aliphatic carbocycles. The zero-order valence-electron chi connectivity index (χ0n) is 17.6. The summed E-state index contributed by atoms with van der Waals surface area (Å²) in [5, 5.41) is 11.6. The number of nitrogens with zero attached hydrogens (tertiary/aromatic N) is 1. The van der Waals surface area contributed by atoms with E-state index in [0.717, 1.165) is 10.9 Å². The Hall–Kier alpha value is -4.06. The molecule has 2 aromatic carbocycles. The zero-order chi connectivity index (χ0) is 22.4. The van der Waals surface area contributed by atoms with Crippen molar-refractivity contribution in [2.24, 2.45) is 0 Å². The lowest BCUT2D eigenvalue weighted by Gasteiger charge is -2.25. The molecule has 1 atom stereocenters. The SMILES string of the molecule is CC(C)c1ccc(N2C(=O)C(O)=C(C(=O)c3cc4ccccc4o3)C2c2ccco2)cc1. The first-order chi connectivity index (χ1) is 15.5. The van der Waals surface area contributed by atoms with Crippen molar-refractivity contribution in [2.75, 3.05) is 4.90 Å². The van der Waals surface area contributed by atoms with Gasteiger partial charge in [-0.3, -0.25) is 14.5 Å². The van der Waals surface area contributed by atoms with Gasteiger partial charge in [-0.15, -0.1) is 0 Å². The minimum Gasteiger partial charge on any atom is -0.503 e. The molecule has 5 rings (SSSR count). The molecular formula is C26H21NO5. The van der Waals surface area contributed by atoms with E-state index in [0.29, 0.717) is 22.9 Å². The molecule has 1 aliphatic rings. The number of carbonyl (C=O) groups excluding carboxylic acids is 2. The summed E-state index contributed by atoms with van der Waals surface area (Å²) in [6.07, 6.45) is 1.47. The van der Waals surface area contributed by atoms with Gasteiger partial charge in [0.15, 0.2) is 11.5 Å². The van der Waals surface area contributed by atoms with E-state index >= 15 is 0 Å². The van der Waals surface area contributed by atoms with Gasteiger partial charge in [0.25, 0.3) is 5.91 Å². The Balaban J connectivity index is 1.61. The maximum absolute atomic E-state index is 13.5. The third kappa shape index (κ3) is 3.12. The van der Waals surface area contributed by atoms with Crippen LogP contribution in [0.15, 0.2) is 93.2 Å². The molecule has 0 fully saturated rings. The molecule has 3 heterocycles. The van der Waals surface area contributed by atoms with Crippen LogP contribution in [0.3, 0.4) is 0 Å². The van der Waals surface area contributed by atoms with E-state index in [1.807, 2.05) is 42.5 Å². The van der Waals surface area contributed by atoms with Gasteiger partial charge < -0.3 is 13.9 Å². The number of Topliss-reactive ketones (excluding diaryl/α,β-unsaturated/α-hetero) is 1. The van der Waals surface area contributed by atoms with Crippen LogP contribution in [-0.2, 0) is 4.79 Å². The molecule has 0 spiro atoms. The summed E-state index contributed by atoms with van der Waals surface area (Å²) in [6, 6.07) is 18.8. The average Bonchev–Trinajstić information content (AvgIpc) is 3.52. The second kappa shape index (κ2) is 7.57. The van der Waals surface area contributed by atoms with Crippen LogP contribution in [0.2, 0.25) is 0 Å². The van der Waals surface area contributed by atoms with Gasteiger partial charge >= 0.3 is 0 Å². The number of aliphatic hydroxyl groups is 1. The van der Waals surface area contributed by atoms with E-state index in [-0.39, 0.29) is 11.3 Å². The molecule has 1 amide bonds. The molecule has 0 saturated carbocycles. The molecular weight excluding hydrogens is 406 g/mol. The molecule has 1 aliphatic heterocycles. The van der Waals surface area contributed by atoms with E-state index in [9.17, 15) is 14.7 Å². The summed E-state index contributed by atoms with van der Waals surface area (Å²) >= 11 is 0. The van der Waals surface area contributed by atoms with Crippen LogP contribution in [0.4, 0.5) is 5.69 Å². The highest BCUT2D eigenvalue weighted by Crippen LogP contribution is 2.42. The summed E-state index contributed by atoms with van der Waals surface area (Å²) in [6.45, 7) is 4.16. The highest BCUT2D eigenvalue weighted by molar-refractivity contribution is 6.20. The molecule has 160 valence electrons. The van der Waals surface area contributed by atoms with Gasteiger partial charge in [-0.2, -0.15) is 0 Å². The Labute approximate surface area is 184 Å². The number of para-hydroxylation sites is 1. The first-order valence-electron chi connectivity index (χ1n) is 10.4. The first-order valence-corrected chi connectivity index (χ1v) is 10.4. The number of hydrogen-bond acceptors (Lipinski definition) is 5. The number of fused-ring (bicyclic) bond motifs is 1. The lowest BCUT2D eigenvalue weighted by Crippen LogP contribution is -2.30. The van der Waals surface area contributed by atoms with Crippen molar-refractivity contribution in [3.63, 3.8) is 0 Å². The van der Waals surface area contributed by atoms with Crippen molar-refractivity contribution in [1.82, 2.24) is 0 Å². The van der Waals surface area contributed by atoms with Crippen LogP contribution in [0.25, 0.3) is 11.0 Å². The van der Waals surface area contributed by atoms with Gasteiger partial charge in [0, 0.05) is 11.1 Å². The van der Waals surface area contributed by atoms with E-state index in [2.05, 4.69) is 13.8 Å². The largest absolute Gasteiger partial charge is 0.503 e. The van der Waals surface area contributed by atoms with Gasteiger partial charge in [-0.1, -0.05) is 44.2 Å². The van der Waals surface area contributed by atoms with E-state index in [1.165, 1.54) is 11.2 Å². The molecule has 1 unspecified atom stereocenters. The molecule has 0 radical (unpaired) electrons. The highest BCUT2D eigenvalue weighted by atomic mass is 16.3. The topological polar surface area (TPSA) is 83.9 Å². The molecule has 32 heavy (non-hydrogen) atoms. The van der Waals surface area contributed by atoms with Crippen molar-refractivity contribution in [2.45, 2.75) is 25.8 Å². The third-order valence-electron chi connectivity index (χ3n) is 5.75. The zero-order valence-corrected chi connectivity index (χ0v) is 17.6. The van der Waals surface area contributed by atoms with Crippen molar-refractivity contribution in [1.29, 1.82) is 0 Å². The summed E-state index contributed by atoms with van der Waals surface area (Å²) in [5.74, 6) is -1.08. The fourth-order valence-electron chi connectivity index (χ4n) is 4.07. The van der Waals surface area contributed by atoms with Crippen LogP contribution >= 0.6 is 0 Å². The summed E-state index contributed by atoms with van der Waals surface area (Å²) in [7, 11) is 0. The van der Waals surface area contributed by atoms with E-state index in [4.69, 9.17) is 8.83 Å². The van der Waals surface area contributed by atoms with Crippen LogP contribution in [-0.4, -0.2) is 16.8 Å². The summed E-state index contributed by atoms with van der Waals surface area (Å²) in [4.78, 5) is 28.0. The average molecular weight is 427 g/mol. The predicted molar refractivity (Wildman–Crippen MR) is 120 cm³/mol. The normalized spacial score (nSPS) is 16.5. The number of rotatable bonds is 5. The Morgan fingerprint density at radius 2 is 1.78 bits per heavy atom. The molecule has 6 heteroatoms. The van der Waals surface area contributed by atoms with E-state index in [1.54, 1.807) is 24.3 Å². The highest BCUT2D eigenvalue weighted by Gasteiger charge is 2.46. The summed E-state index contributed by atoms with van der Waals surface area (Å²) in [5.41, 5.74) is 2.15. The quantitative estimate of drug-likeness (QED) is 0.399. The maximum atomic E-state index is 13.5. The number of anilines is 1. The minimum absolute atomic E-state index is 0.0501. The molecule has 0 bridgehead atoms. The van der Waals surface area contributed by atoms with Crippen molar-refractivity contribution < 1.29 is 23.5 Å².